The summed E-state index contributed by atoms with van der Waals surface area (Å²) in [7, 11) is 0. The topological polar surface area (TPSA) is 86.8 Å². The van der Waals surface area contributed by atoms with Crippen molar-refractivity contribution >= 4 is 11.3 Å². The van der Waals surface area contributed by atoms with Gasteiger partial charge in [0.15, 0.2) is 0 Å². The quantitative estimate of drug-likeness (QED) is 0.619. The highest BCUT2D eigenvalue weighted by atomic mass is 32.1. The first-order valence-corrected chi connectivity index (χ1v) is 3.95. The number of rotatable bonds is 1. The lowest BCUT2D eigenvalue weighted by Gasteiger charge is -1.84. The first-order valence-electron chi connectivity index (χ1n) is 3.07. The summed E-state index contributed by atoms with van der Waals surface area (Å²) in [6.07, 6.45) is 1.74. The Hall–Kier alpha value is -1.34. The summed E-state index contributed by atoms with van der Waals surface area (Å²) in [4.78, 5) is 4.09. The Balaban J connectivity index is 0.000000720. The Labute approximate surface area is 72.2 Å². The minimum absolute atomic E-state index is 0. The molecule has 0 spiro atoms. The van der Waals surface area contributed by atoms with Crippen molar-refractivity contribution in [1.82, 2.24) is 20.5 Å². The monoisotopic (exact) mass is 184 g/mol. The SMILES string of the molecule is Cc1nn[nH][n+]1-c1nccs1.[O+2]. The molecule has 2 rings (SSSR count). The minimum atomic E-state index is 0. The number of nitrogens with one attached hydrogen (secondary N) is 1. The van der Waals surface area contributed by atoms with Crippen LogP contribution < -0.4 is 4.68 Å². The molecule has 0 fully saturated rings. The molecule has 12 heavy (non-hydrogen) atoms. The van der Waals surface area contributed by atoms with Gasteiger partial charge in [-0.15, -0.1) is 9.67 Å². The van der Waals surface area contributed by atoms with E-state index in [-0.39, 0.29) is 5.48 Å². The van der Waals surface area contributed by atoms with Gasteiger partial charge in [0.25, 0.3) is 5.82 Å². The van der Waals surface area contributed by atoms with Gasteiger partial charge in [-0.3, -0.25) is 0 Å². The van der Waals surface area contributed by atoms with Crippen LogP contribution in [0.2, 0.25) is 0 Å². The van der Waals surface area contributed by atoms with Gasteiger partial charge in [-0.2, -0.15) is 0 Å². The van der Waals surface area contributed by atoms with E-state index in [1.165, 1.54) is 11.3 Å². The van der Waals surface area contributed by atoms with E-state index < -0.39 is 0 Å². The lowest BCUT2D eigenvalue weighted by molar-refractivity contribution is -0.666. The number of aromatic nitrogens is 5. The normalized spacial score (nSPS) is 9.42. The molecule has 0 aliphatic heterocycles. The van der Waals surface area contributed by atoms with Crippen LogP contribution in [0.25, 0.3) is 5.13 Å². The van der Waals surface area contributed by atoms with E-state index in [0.29, 0.717) is 0 Å². The summed E-state index contributed by atoms with van der Waals surface area (Å²) >= 11 is 1.54. The lowest BCUT2D eigenvalue weighted by atomic mass is 10.7. The number of tetrazole rings is 1. The van der Waals surface area contributed by atoms with Crippen LogP contribution in [0.5, 0.6) is 0 Å². The van der Waals surface area contributed by atoms with E-state index in [2.05, 4.69) is 20.5 Å². The summed E-state index contributed by atoms with van der Waals surface area (Å²) in [5.41, 5.74) is 0. The fourth-order valence-corrected chi connectivity index (χ4v) is 1.41. The van der Waals surface area contributed by atoms with E-state index in [9.17, 15) is 0 Å². The molecule has 0 atom stereocenters. The third-order valence-electron chi connectivity index (χ3n) is 1.27. The molecular formula is C5H6N5OS+3. The van der Waals surface area contributed by atoms with Crippen molar-refractivity contribution in [2.24, 2.45) is 0 Å². The molecular weight excluding hydrogens is 178 g/mol. The molecule has 0 amide bonds. The molecule has 7 heteroatoms. The molecule has 0 unspecified atom stereocenters. The second-order valence-electron chi connectivity index (χ2n) is 2.00. The zero-order chi connectivity index (χ0) is 7.68. The highest BCUT2D eigenvalue weighted by Crippen LogP contribution is 2.01. The zero-order valence-electron chi connectivity index (χ0n) is 6.26. The van der Waals surface area contributed by atoms with Gasteiger partial charge in [-0.1, -0.05) is 16.6 Å². The molecule has 0 bridgehead atoms. The molecule has 1 N–H and O–H groups in total. The fourth-order valence-electron chi connectivity index (χ4n) is 0.764. The van der Waals surface area contributed by atoms with Gasteiger partial charge in [-0.05, 0) is 0 Å². The Bertz CT molecular complexity index is 342. The van der Waals surface area contributed by atoms with Crippen molar-refractivity contribution in [2.45, 2.75) is 6.92 Å². The van der Waals surface area contributed by atoms with Crippen molar-refractivity contribution in [3.05, 3.63) is 17.4 Å². The average molecular weight is 184 g/mol. The number of nitrogens with zero attached hydrogens (tertiary/aromatic N) is 4. The largest absolute Gasteiger partial charge is 2.00 e. The van der Waals surface area contributed by atoms with Crippen molar-refractivity contribution < 1.29 is 10.2 Å². The zero-order valence-corrected chi connectivity index (χ0v) is 7.08. The summed E-state index contributed by atoms with van der Waals surface area (Å²) < 4.78 is 1.73. The minimum Gasteiger partial charge on any atom is -0.131 e. The van der Waals surface area contributed by atoms with Crippen molar-refractivity contribution in [3.8, 4) is 5.13 Å². The highest BCUT2D eigenvalue weighted by molar-refractivity contribution is 7.11. The van der Waals surface area contributed by atoms with Crippen molar-refractivity contribution in [3.63, 3.8) is 0 Å². The van der Waals surface area contributed by atoms with Gasteiger partial charge in [0.2, 0.25) is 0 Å². The molecule has 2 aromatic heterocycles. The van der Waals surface area contributed by atoms with Crippen molar-refractivity contribution in [1.29, 1.82) is 0 Å². The first-order chi connectivity index (χ1) is 5.38. The van der Waals surface area contributed by atoms with Crippen LogP contribution in [-0.4, -0.2) is 20.5 Å². The second-order valence-corrected chi connectivity index (χ2v) is 2.87. The third-order valence-corrected chi connectivity index (χ3v) is 2.03. The van der Waals surface area contributed by atoms with Gasteiger partial charge in [0.1, 0.15) is 5.21 Å². The maximum Gasteiger partial charge on any atom is 2.00 e. The fraction of sp³-hybridized carbons (Fsp3) is 0.200. The van der Waals surface area contributed by atoms with Crippen molar-refractivity contribution in [2.75, 3.05) is 0 Å². The molecule has 6 nitrogen and oxygen atoms in total. The van der Waals surface area contributed by atoms with E-state index in [1.54, 1.807) is 10.9 Å². The number of H-pyrrole nitrogens is 1. The molecule has 0 aliphatic carbocycles. The van der Waals surface area contributed by atoms with E-state index in [0.717, 1.165) is 11.0 Å². The summed E-state index contributed by atoms with van der Waals surface area (Å²) in [6, 6.07) is 0. The molecule has 0 saturated carbocycles. The molecule has 4 radical (unpaired) electrons. The van der Waals surface area contributed by atoms with Crippen LogP contribution in [0.4, 0.5) is 0 Å². The predicted octanol–water partition coefficient (Wildman–Crippen LogP) is -0.272. The molecule has 0 aliphatic rings. The molecule has 0 aromatic carbocycles. The Morgan fingerprint density at radius 3 is 2.92 bits per heavy atom. The molecule has 2 heterocycles. The van der Waals surface area contributed by atoms with E-state index in [4.69, 9.17) is 0 Å². The first kappa shape index (κ1) is 8.75. The van der Waals surface area contributed by atoms with Gasteiger partial charge in [0, 0.05) is 17.4 Å². The smallest absolute Gasteiger partial charge is 0.131 e. The van der Waals surface area contributed by atoms with Crippen LogP contribution in [0.3, 0.4) is 0 Å². The maximum atomic E-state index is 4.09. The van der Waals surface area contributed by atoms with Gasteiger partial charge < -0.3 is 0 Å². The number of hydrogen-bond donors (Lipinski definition) is 1. The van der Waals surface area contributed by atoms with Gasteiger partial charge in [-0.25, -0.2) is 0 Å². The average Bonchev–Trinajstić information content (AvgIpc) is 2.55. The van der Waals surface area contributed by atoms with Gasteiger partial charge >= 0.3 is 10.6 Å². The lowest BCUT2D eigenvalue weighted by Crippen LogP contribution is -2.35. The Morgan fingerprint density at radius 1 is 1.58 bits per heavy atom. The highest BCUT2D eigenvalue weighted by Gasteiger charge is 2.11. The summed E-state index contributed by atoms with van der Waals surface area (Å²) in [5, 5.41) is 12.9. The predicted molar refractivity (Wildman–Crippen MR) is 39.0 cm³/mol. The number of hydrogen-bond acceptors (Lipinski definition) is 4. The summed E-state index contributed by atoms with van der Waals surface area (Å²) in [5.74, 6) is 0.806. The number of aryl methyl sites for hydroxylation is 1. The van der Waals surface area contributed by atoms with Crippen LogP contribution in [0, 0.1) is 6.92 Å². The van der Waals surface area contributed by atoms with Gasteiger partial charge in [0.05, 0.1) is 6.20 Å². The van der Waals surface area contributed by atoms with Crippen LogP contribution in [0.15, 0.2) is 11.6 Å². The Morgan fingerprint density at radius 2 is 2.42 bits per heavy atom. The summed E-state index contributed by atoms with van der Waals surface area (Å²) in [6.45, 7) is 1.87. The molecule has 0 saturated heterocycles. The van der Waals surface area contributed by atoms with E-state index in [1.807, 2.05) is 12.3 Å². The Kier molecular flexibility index (Phi) is 2.46. The third kappa shape index (κ3) is 1.31. The second kappa shape index (κ2) is 3.37. The van der Waals surface area contributed by atoms with Crippen LogP contribution in [-0.2, 0) is 5.48 Å². The number of aromatic amines is 1. The van der Waals surface area contributed by atoms with Crippen LogP contribution >= 0.6 is 11.3 Å². The number of thiazole rings is 1. The molecule has 2 aromatic rings. The maximum absolute atomic E-state index is 4.09. The molecule has 60 valence electrons. The standard InChI is InChI=1S/C5H5N5S.O/c1-4-7-8-9-10(4)5-6-2-3-11-5;/h2-3H,1H3;/q;+2/p+1. The van der Waals surface area contributed by atoms with E-state index >= 15 is 0 Å². The van der Waals surface area contributed by atoms with Crippen LogP contribution in [0.1, 0.15) is 5.82 Å².